The van der Waals surface area contributed by atoms with Crippen LogP contribution in [-0.4, -0.2) is 27.7 Å². The van der Waals surface area contributed by atoms with Gasteiger partial charge in [0.2, 0.25) is 0 Å². The number of aromatic hydroxyl groups is 2. The van der Waals surface area contributed by atoms with E-state index in [4.69, 9.17) is 11.5 Å². The Balaban J connectivity index is 0.000000226. The van der Waals surface area contributed by atoms with Crippen molar-refractivity contribution >= 4 is 32.9 Å². The van der Waals surface area contributed by atoms with E-state index >= 15 is 0 Å². The highest BCUT2D eigenvalue weighted by molar-refractivity contribution is 5.96. The summed E-state index contributed by atoms with van der Waals surface area (Å²) in [5, 5.41) is 29.7. The smallest absolute Gasteiger partial charge is 0.430 e. The molecule has 11 heteroatoms. The number of anilines is 2. The fourth-order valence-corrected chi connectivity index (χ4v) is 3.42. The zero-order chi connectivity index (χ0) is 25.5. The Bertz CT molecular complexity index is 1340. The quantitative estimate of drug-likeness (QED) is 0.179. The summed E-state index contributed by atoms with van der Waals surface area (Å²) in [5.41, 5.74) is 4.41. The first kappa shape index (κ1) is 24.8. The van der Waals surface area contributed by atoms with Crippen LogP contribution in [0.2, 0.25) is 0 Å². The standard InChI is InChI=1S/C13H9F6NO2.C10H9NO/c14-12(15,16)11(22,13(17,18)19)9-4-1-6-5-7(21)2-3-8(6)10(9)20;11-10-3-1-2-7-6-8(12)4-5-9(7)10/h1-5,21-22H,20H2;1-6,12H,11H2. The number of rotatable bonds is 1. The van der Waals surface area contributed by atoms with Gasteiger partial charge in [0, 0.05) is 27.7 Å². The second-order valence-electron chi connectivity index (χ2n) is 7.39. The van der Waals surface area contributed by atoms with Gasteiger partial charge in [-0.15, -0.1) is 0 Å². The Hall–Kier alpha value is -3.86. The summed E-state index contributed by atoms with van der Waals surface area (Å²) in [6.45, 7) is 0. The number of phenolic OH excluding ortho intramolecular Hbond substituents is 2. The van der Waals surface area contributed by atoms with E-state index in [-0.39, 0.29) is 22.3 Å². The number of phenols is 2. The highest BCUT2D eigenvalue weighted by atomic mass is 19.4. The van der Waals surface area contributed by atoms with E-state index in [1.807, 2.05) is 24.3 Å². The molecular formula is C23H18F6N2O3. The van der Waals surface area contributed by atoms with Gasteiger partial charge in [-0.2, -0.15) is 26.3 Å². The van der Waals surface area contributed by atoms with Crippen LogP contribution >= 0.6 is 0 Å². The van der Waals surface area contributed by atoms with Crippen LogP contribution in [0.5, 0.6) is 11.5 Å². The number of halogens is 6. The topological polar surface area (TPSA) is 113 Å². The van der Waals surface area contributed by atoms with Crippen molar-refractivity contribution in [3.8, 4) is 11.5 Å². The van der Waals surface area contributed by atoms with E-state index in [0.29, 0.717) is 6.07 Å². The molecule has 0 aliphatic carbocycles. The molecule has 0 radical (unpaired) electrons. The van der Waals surface area contributed by atoms with Crippen molar-refractivity contribution in [1.82, 2.24) is 0 Å². The Morgan fingerprint density at radius 2 is 1.12 bits per heavy atom. The summed E-state index contributed by atoms with van der Waals surface area (Å²) >= 11 is 0. The predicted molar refractivity (Wildman–Crippen MR) is 116 cm³/mol. The minimum atomic E-state index is -6.01. The first-order valence-corrected chi connectivity index (χ1v) is 9.51. The molecule has 0 heterocycles. The molecule has 4 aromatic carbocycles. The number of alkyl halides is 6. The summed E-state index contributed by atoms with van der Waals surface area (Å²) in [7, 11) is 0. The van der Waals surface area contributed by atoms with Gasteiger partial charge in [-0.25, -0.2) is 0 Å². The molecule has 4 rings (SSSR count). The van der Waals surface area contributed by atoms with Crippen LogP contribution in [0.4, 0.5) is 37.7 Å². The Kier molecular flexibility index (Phi) is 6.19. The molecule has 0 amide bonds. The molecular weight excluding hydrogens is 466 g/mol. The van der Waals surface area contributed by atoms with Crippen LogP contribution in [0.15, 0.2) is 66.7 Å². The zero-order valence-electron chi connectivity index (χ0n) is 17.1. The number of fused-ring (bicyclic) bond motifs is 2. The number of aliphatic hydroxyl groups is 1. The number of hydrogen-bond acceptors (Lipinski definition) is 5. The highest BCUT2D eigenvalue weighted by Gasteiger charge is 2.72. The number of hydrogen-bond donors (Lipinski definition) is 5. The van der Waals surface area contributed by atoms with E-state index in [9.17, 15) is 41.7 Å². The lowest BCUT2D eigenvalue weighted by atomic mass is 9.88. The molecule has 5 nitrogen and oxygen atoms in total. The maximum absolute atomic E-state index is 12.9. The third kappa shape index (κ3) is 4.34. The van der Waals surface area contributed by atoms with E-state index in [1.54, 1.807) is 12.1 Å². The van der Waals surface area contributed by atoms with Crippen molar-refractivity contribution in [2.24, 2.45) is 0 Å². The Labute approximate surface area is 188 Å². The molecule has 180 valence electrons. The largest absolute Gasteiger partial charge is 0.508 e. The molecule has 0 aromatic heterocycles. The molecule has 0 unspecified atom stereocenters. The van der Waals surface area contributed by atoms with Crippen LogP contribution in [0.3, 0.4) is 0 Å². The minimum Gasteiger partial charge on any atom is -0.508 e. The molecule has 0 spiro atoms. The van der Waals surface area contributed by atoms with E-state index < -0.39 is 29.2 Å². The van der Waals surface area contributed by atoms with E-state index in [0.717, 1.165) is 40.7 Å². The van der Waals surface area contributed by atoms with Crippen LogP contribution in [-0.2, 0) is 5.60 Å². The van der Waals surface area contributed by atoms with Gasteiger partial charge >= 0.3 is 12.4 Å². The van der Waals surface area contributed by atoms with Gasteiger partial charge in [0.25, 0.3) is 5.60 Å². The summed E-state index contributed by atoms with van der Waals surface area (Å²) in [6.07, 6.45) is -12.0. The lowest BCUT2D eigenvalue weighted by Crippen LogP contribution is -2.54. The van der Waals surface area contributed by atoms with Crippen molar-refractivity contribution in [2.75, 3.05) is 11.5 Å². The molecule has 7 N–H and O–H groups in total. The molecule has 34 heavy (non-hydrogen) atoms. The lowest BCUT2D eigenvalue weighted by molar-refractivity contribution is -0.375. The zero-order valence-corrected chi connectivity index (χ0v) is 17.1. The fourth-order valence-electron chi connectivity index (χ4n) is 3.42. The molecule has 0 aliphatic rings. The Morgan fingerprint density at radius 3 is 1.65 bits per heavy atom. The highest BCUT2D eigenvalue weighted by Crippen LogP contribution is 2.52. The first-order valence-electron chi connectivity index (χ1n) is 9.51. The normalized spacial score (nSPS) is 12.4. The summed E-state index contributed by atoms with van der Waals surface area (Å²) in [4.78, 5) is 0. The third-order valence-corrected chi connectivity index (χ3v) is 5.15. The lowest BCUT2D eigenvalue weighted by Gasteiger charge is -2.33. The minimum absolute atomic E-state index is 0.132. The van der Waals surface area contributed by atoms with Gasteiger partial charge in [-0.3, -0.25) is 0 Å². The number of nitrogen functional groups attached to an aromatic ring is 2. The molecule has 4 aromatic rings. The molecule has 0 saturated heterocycles. The second-order valence-corrected chi connectivity index (χ2v) is 7.39. The summed E-state index contributed by atoms with van der Waals surface area (Å²) in [5.74, 6) is 0.0367. The monoisotopic (exact) mass is 484 g/mol. The van der Waals surface area contributed by atoms with Crippen molar-refractivity contribution in [2.45, 2.75) is 18.0 Å². The molecule has 0 aliphatic heterocycles. The molecule has 0 atom stereocenters. The van der Waals surface area contributed by atoms with Crippen LogP contribution in [0.25, 0.3) is 21.5 Å². The van der Waals surface area contributed by atoms with Crippen molar-refractivity contribution in [1.29, 1.82) is 0 Å². The van der Waals surface area contributed by atoms with Crippen LogP contribution in [0, 0.1) is 0 Å². The van der Waals surface area contributed by atoms with Crippen molar-refractivity contribution < 1.29 is 41.7 Å². The molecule has 0 saturated carbocycles. The second kappa shape index (κ2) is 8.49. The maximum atomic E-state index is 12.9. The van der Waals surface area contributed by atoms with Gasteiger partial charge < -0.3 is 26.8 Å². The van der Waals surface area contributed by atoms with Crippen LogP contribution < -0.4 is 11.5 Å². The van der Waals surface area contributed by atoms with Crippen molar-refractivity contribution in [3.05, 3.63) is 72.3 Å². The average Bonchev–Trinajstić information content (AvgIpc) is 2.72. The number of nitrogens with two attached hydrogens (primary N) is 2. The fraction of sp³-hybridized carbons (Fsp3) is 0.130. The predicted octanol–water partition coefficient (Wildman–Crippen LogP) is 5.57. The van der Waals surface area contributed by atoms with Gasteiger partial charge in [0.05, 0.1) is 0 Å². The third-order valence-electron chi connectivity index (χ3n) is 5.15. The first-order chi connectivity index (χ1) is 15.7. The van der Waals surface area contributed by atoms with E-state index in [1.165, 1.54) is 0 Å². The van der Waals surface area contributed by atoms with Gasteiger partial charge in [-0.1, -0.05) is 24.3 Å². The van der Waals surface area contributed by atoms with Gasteiger partial charge in [-0.05, 0) is 53.2 Å². The molecule has 0 bridgehead atoms. The number of benzene rings is 4. The Morgan fingerprint density at radius 1 is 0.618 bits per heavy atom. The van der Waals surface area contributed by atoms with Crippen LogP contribution in [0.1, 0.15) is 5.56 Å². The SMILES string of the molecule is Nc1c(C(O)(C(F)(F)F)C(F)(F)F)ccc2cc(O)ccc12.Nc1cccc2cc(O)ccc12. The molecule has 0 fully saturated rings. The van der Waals surface area contributed by atoms with E-state index in [2.05, 4.69) is 0 Å². The maximum Gasteiger partial charge on any atom is 0.430 e. The van der Waals surface area contributed by atoms with Crippen molar-refractivity contribution in [3.63, 3.8) is 0 Å². The van der Waals surface area contributed by atoms with Gasteiger partial charge in [0.15, 0.2) is 0 Å². The van der Waals surface area contributed by atoms with Gasteiger partial charge in [0.1, 0.15) is 11.5 Å². The summed E-state index contributed by atoms with van der Waals surface area (Å²) < 4.78 is 77.2. The summed E-state index contributed by atoms with van der Waals surface area (Å²) in [6, 6.07) is 15.4. The average molecular weight is 484 g/mol.